The molecule has 0 heterocycles. The summed E-state index contributed by atoms with van der Waals surface area (Å²) in [7, 11) is 2.94. The van der Waals surface area contributed by atoms with Gasteiger partial charge in [0, 0.05) is 18.2 Å². The zero-order valence-electron chi connectivity index (χ0n) is 13.1. The number of nitrogens with zero attached hydrogens (tertiary/aromatic N) is 1. The summed E-state index contributed by atoms with van der Waals surface area (Å²) in [6.45, 7) is 0. The highest BCUT2D eigenvalue weighted by Crippen LogP contribution is 2.28. The number of aliphatic carboxylic acids is 1. The van der Waals surface area contributed by atoms with Crippen LogP contribution in [0.3, 0.4) is 0 Å². The molecule has 0 saturated heterocycles. The molecule has 2 aromatic rings. The van der Waals surface area contributed by atoms with Gasteiger partial charge in [-0.15, -0.1) is 0 Å². The van der Waals surface area contributed by atoms with Crippen molar-refractivity contribution in [2.45, 2.75) is 0 Å². The minimum Gasteiger partial charge on any atom is -0.497 e. The van der Waals surface area contributed by atoms with E-state index in [1.807, 2.05) is 0 Å². The topological polar surface area (TPSA) is 98.9 Å². The molecule has 0 spiro atoms. The molecule has 0 saturated carbocycles. The molecule has 0 aromatic heterocycles. The van der Waals surface area contributed by atoms with Gasteiger partial charge >= 0.3 is 5.97 Å². The summed E-state index contributed by atoms with van der Waals surface area (Å²) in [6, 6.07) is 10.4. The first-order valence-corrected chi connectivity index (χ1v) is 6.87. The number of hydrogen-bond acceptors (Lipinski definition) is 5. The maximum atomic E-state index is 11.6. The molecule has 0 aliphatic rings. The molecular formula is C17H15NO6. The molecule has 124 valence electrons. The molecule has 0 amide bonds. The fourth-order valence-corrected chi connectivity index (χ4v) is 2.09. The quantitative estimate of drug-likeness (QED) is 0.378. The Bertz CT molecular complexity index is 773. The Morgan fingerprint density at radius 2 is 1.62 bits per heavy atom. The minimum atomic E-state index is -1.14. The third-order valence-corrected chi connectivity index (χ3v) is 3.31. The molecule has 0 fully saturated rings. The van der Waals surface area contributed by atoms with Crippen LogP contribution in [0.25, 0.3) is 11.6 Å². The molecule has 0 bridgehead atoms. The molecule has 2 aromatic carbocycles. The first kappa shape index (κ1) is 17.0. The number of carboxylic acid groups (broad SMARTS) is 1. The summed E-state index contributed by atoms with van der Waals surface area (Å²) < 4.78 is 10.3. The molecule has 0 unspecified atom stereocenters. The Balaban J connectivity index is 2.49. The number of methoxy groups -OCH3 is 2. The van der Waals surface area contributed by atoms with Gasteiger partial charge in [0.1, 0.15) is 11.5 Å². The van der Waals surface area contributed by atoms with Gasteiger partial charge in [-0.25, -0.2) is 4.79 Å². The summed E-state index contributed by atoms with van der Waals surface area (Å²) in [4.78, 5) is 21.8. The fraction of sp³-hybridized carbons (Fsp3) is 0.118. The lowest BCUT2D eigenvalue weighted by molar-refractivity contribution is -0.384. The van der Waals surface area contributed by atoms with Crippen molar-refractivity contribution < 1.29 is 24.3 Å². The molecule has 0 aliphatic carbocycles. The van der Waals surface area contributed by atoms with Crippen LogP contribution in [0.5, 0.6) is 11.5 Å². The lowest BCUT2D eigenvalue weighted by Gasteiger charge is -2.09. The Morgan fingerprint density at radius 3 is 2.04 bits per heavy atom. The van der Waals surface area contributed by atoms with Crippen molar-refractivity contribution >= 4 is 23.3 Å². The molecule has 7 heteroatoms. The van der Waals surface area contributed by atoms with Crippen molar-refractivity contribution in [2.24, 2.45) is 0 Å². The van der Waals surface area contributed by atoms with Gasteiger partial charge in [-0.2, -0.15) is 0 Å². The van der Waals surface area contributed by atoms with Gasteiger partial charge in [0.15, 0.2) is 0 Å². The summed E-state index contributed by atoms with van der Waals surface area (Å²) >= 11 is 0. The number of non-ortho nitro benzene ring substituents is 1. The van der Waals surface area contributed by atoms with Gasteiger partial charge < -0.3 is 14.6 Å². The number of hydrogen-bond donors (Lipinski definition) is 1. The number of carboxylic acids is 1. The zero-order chi connectivity index (χ0) is 17.7. The number of nitro benzene ring substituents is 1. The first-order valence-electron chi connectivity index (χ1n) is 6.87. The zero-order valence-corrected chi connectivity index (χ0v) is 13.1. The van der Waals surface area contributed by atoms with Crippen LogP contribution in [-0.4, -0.2) is 30.2 Å². The molecule has 2 rings (SSSR count). The minimum absolute atomic E-state index is 0.0149. The predicted molar refractivity (Wildman–Crippen MR) is 88.1 cm³/mol. The highest BCUT2D eigenvalue weighted by atomic mass is 16.6. The van der Waals surface area contributed by atoms with Crippen LogP contribution in [-0.2, 0) is 4.79 Å². The second kappa shape index (κ2) is 7.28. The van der Waals surface area contributed by atoms with Crippen LogP contribution in [0.2, 0.25) is 0 Å². The average Bonchev–Trinajstić information content (AvgIpc) is 2.59. The number of carbonyl (C=O) groups is 1. The second-order valence-corrected chi connectivity index (χ2v) is 4.81. The van der Waals surface area contributed by atoms with Crippen molar-refractivity contribution in [1.29, 1.82) is 0 Å². The summed E-state index contributed by atoms with van der Waals surface area (Å²) in [5.41, 5.74) is 0.880. The highest BCUT2D eigenvalue weighted by molar-refractivity contribution is 6.20. The number of benzene rings is 2. The highest BCUT2D eigenvalue weighted by Gasteiger charge is 2.14. The summed E-state index contributed by atoms with van der Waals surface area (Å²) in [5.74, 6) is -0.218. The molecule has 7 nitrogen and oxygen atoms in total. The Labute approximate surface area is 137 Å². The number of ether oxygens (including phenoxy) is 2. The van der Waals surface area contributed by atoms with E-state index in [1.165, 1.54) is 44.6 Å². The van der Waals surface area contributed by atoms with Crippen molar-refractivity contribution in [1.82, 2.24) is 0 Å². The van der Waals surface area contributed by atoms with E-state index in [0.717, 1.165) is 0 Å². The Hall–Kier alpha value is -3.35. The van der Waals surface area contributed by atoms with Gasteiger partial charge in [0.05, 0.1) is 24.7 Å². The number of rotatable bonds is 6. The van der Waals surface area contributed by atoms with Gasteiger partial charge in [-0.05, 0) is 41.5 Å². The molecule has 0 atom stereocenters. The molecule has 0 aliphatic heterocycles. The van der Waals surface area contributed by atoms with E-state index in [4.69, 9.17) is 9.47 Å². The maximum Gasteiger partial charge on any atom is 0.336 e. The normalized spacial score (nSPS) is 11.0. The van der Waals surface area contributed by atoms with Gasteiger partial charge in [0.2, 0.25) is 0 Å². The Morgan fingerprint density at radius 1 is 1.08 bits per heavy atom. The van der Waals surface area contributed by atoms with E-state index in [-0.39, 0.29) is 11.3 Å². The van der Waals surface area contributed by atoms with Gasteiger partial charge in [-0.1, -0.05) is 0 Å². The largest absolute Gasteiger partial charge is 0.497 e. The standard InChI is InChI=1S/C17H15NO6/c1-23-14-8-12(9-15(10-14)24-2)16(17(19)20)7-11-3-5-13(6-4-11)18(21)22/h3-10H,1-2H3,(H,19,20)/b16-7+. The lowest BCUT2D eigenvalue weighted by Crippen LogP contribution is -2.01. The smallest absolute Gasteiger partial charge is 0.336 e. The van der Waals surface area contributed by atoms with E-state index in [0.29, 0.717) is 22.6 Å². The van der Waals surface area contributed by atoms with Crippen LogP contribution < -0.4 is 9.47 Å². The second-order valence-electron chi connectivity index (χ2n) is 4.81. The lowest BCUT2D eigenvalue weighted by atomic mass is 10.0. The maximum absolute atomic E-state index is 11.6. The SMILES string of the molecule is COc1cc(OC)cc(/C(=C\c2ccc([N+](=O)[O-])cc2)C(=O)O)c1. The number of nitro groups is 1. The van der Waals surface area contributed by atoms with E-state index in [1.54, 1.807) is 18.2 Å². The molecule has 1 N–H and O–H groups in total. The van der Waals surface area contributed by atoms with Crippen LogP contribution >= 0.6 is 0 Å². The van der Waals surface area contributed by atoms with Crippen LogP contribution in [0.1, 0.15) is 11.1 Å². The van der Waals surface area contributed by atoms with Crippen molar-refractivity contribution in [3.63, 3.8) is 0 Å². The van der Waals surface area contributed by atoms with Crippen molar-refractivity contribution in [2.75, 3.05) is 14.2 Å². The van der Waals surface area contributed by atoms with Crippen LogP contribution in [0, 0.1) is 10.1 Å². The molecule has 24 heavy (non-hydrogen) atoms. The van der Waals surface area contributed by atoms with Crippen molar-refractivity contribution in [3.8, 4) is 11.5 Å². The fourth-order valence-electron chi connectivity index (χ4n) is 2.09. The molecule has 0 radical (unpaired) electrons. The summed E-state index contributed by atoms with van der Waals surface area (Å²) in [6.07, 6.45) is 1.43. The molecular weight excluding hydrogens is 314 g/mol. The van der Waals surface area contributed by atoms with E-state index < -0.39 is 10.9 Å². The van der Waals surface area contributed by atoms with Crippen LogP contribution in [0.15, 0.2) is 42.5 Å². The third-order valence-electron chi connectivity index (χ3n) is 3.31. The third kappa shape index (κ3) is 3.89. The summed E-state index contributed by atoms with van der Waals surface area (Å²) in [5, 5.41) is 20.2. The van der Waals surface area contributed by atoms with Crippen LogP contribution in [0.4, 0.5) is 5.69 Å². The van der Waals surface area contributed by atoms with Crippen molar-refractivity contribution in [3.05, 3.63) is 63.7 Å². The van der Waals surface area contributed by atoms with E-state index in [9.17, 15) is 20.0 Å². The first-order chi connectivity index (χ1) is 11.4. The Kier molecular flexibility index (Phi) is 5.16. The van der Waals surface area contributed by atoms with Gasteiger partial charge in [0.25, 0.3) is 5.69 Å². The van der Waals surface area contributed by atoms with E-state index >= 15 is 0 Å². The predicted octanol–water partition coefficient (Wildman–Crippen LogP) is 3.24. The average molecular weight is 329 g/mol. The van der Waals surface area contributed by atoms with Gasteiger partial charge in [-0.3, -0.25) is 10.1 Å². The monoisotopic (exact) mass is 329 g/mol. The van der Waals surface area contributed by atoms with E-state index in [2.05, 4.69) is 0 Å².